The van der Waals surface area contributed by atoms with Crippen LogP contribution in [0.3, 0.4) is 0 Å². The smallest absolute Gasteiger partial charge is 0.322 e. The highest BCUT2D eigenvalue weighted by molar-refractivity contribution is 6.30. The summed E-state index contributed by atoms with van der Waals surface area (Å²) in [5.41, 5.74) is 2.68. The molecule has 23 heavy (non-hydrogen) atoms. The number of aryl methyl sites for hydroxylation is 2. The van der Waals surface area contributed by atoms with Gasteiger partial charge in [0.05, 0.1) is 11.7 Å². The summed E-state index contributed by atoms with van der Waals surface area (Å²) in [5, 5.41) is 7.66. The van der Waals surface area contributed by atoms with Gasteiger partial charge in [-0.05, 0) is 44.0 Å². The number of aromatic nitrogens is 1. The molecule has 1 fully saturated rings. The van der Waals surface area contributed by atoms with Crippen LogP contribution in [-0.2, 0) is 6.42 Å². The van der Waals surface area contributed by atoms with Gasteiger partial charge in [0.15, 0.2) is 0 Å². The first-order valence-corrected chi connectivity index (χ1v) is 8.26. The molecule has 1 saturated heterocycles. The average Bonchev–Trinajstić information content (AvgIpc) is 3.15. The zero-order valence-corrected chi connectivity index (χ0v) is 14.1. The van der Waals surface area contributed by atoms with Crippen molar-refractivity contribution in [2.75, 3.05) is 11.9 Å². The van der Waals surface area contributed by atoms with Gasteiger partial charge >= 0.3 is 6.03 Å². The van der Waals surface area contributed by atoms with Gasteiger partial charge in [-0.2, -0.15) is 0 Å². The zero-order chi connectivity index (χ0) is 16.4. The second-order valence-corrected chi connectivity index (χ2v) is 6.18. The second kappa shape index (κ2) is 6.62. The molecule has 0 saturated carbocycles. The molecule has 3 rings (SSSR count). The molecule has 0 bridgehead atoms. The number of likely N-dealkylation sites (tertiary alicyclic amines) is 1. The molecule has 0 unspecified atom stereocenters. The normalized spacial score (nSPS) is 17.5. The van der Waals surface area contributed by atoms with Gasteiger partial charge in [-0.25, -0.2) is 4.79 Å². The van der Waals surface area contributed by atoms with Crippen LogP contribution in [0.4, 0.5) is 10.5 Å². The lowest BCUT2D eigenvalue weighted by Gasteiger charge is -2.25. The molecule has 2 amide bonds. The van der Waals surface area contributed by atoms with Crippen LogP contribution >= 0.6 is 11.6 Å². The molecule has 0 radical (unpaired) electrons. The number of hydrogen-bond acceptors (Lipinski definition) is 3. The molecule has 1 aromatic carbocycles. The van der Waals surface area contributed by atoms with E-state index in [4.69, 9.17) is 16.1 Å². The average molecular weight is 334 g/mol. The quantitative estimate of drug-likeness (QED) is 0.895. The standard InChI is InChI=1S/C17H20ClN3O2/c1-3-15-16(11(2)20-23-15)14-5-4-10-21(14)17(22)19-13-8-6-12(18)7-9-13/h6-9,14H,3-5,10H2,1-2H3,(H,19,22)/t14-/m0/s1. The minimum Gasteiger partial charge on any atom is -0.361 e. The number of urea groups is 1. The summed E-state index contributed by atoms with van der Waals surface area (Å²) in [6.07, 6.45) is 2.69. The highest BCUT2D eigenvalue weighted by Gasteiger charge is 2.34. The number of nitrogens with one attached hydrogen (secondary N) is 1. The van der Waals surface area contributed by atoms with E-state index in [9.17, 15) is 4.79 Å². The van der Waals surface area contributed by atoms with Crippen molar-refractivity contribution < 1.29 is 9.32 Å². The van der Waals surface area contributed by atoms with Crippen molar-refractivity contribution in [2.24, 2.45) is 0 Å². The first kappa shape index (κ1) is 15.9. The Morgan fingerprint density at radius 2 is 2.17 bits per heavy atom. The third-order valence-corrected chi connectivity index (χ3v) is 4.50. The lowest BCUT2D eigenvalue weighted by Crippen LogP contribution is -2.34. The number of amides is 2. The largest absolute Gasteiger partial charge is 0.361 e. The van der Waals surface area contributed by atoms with E-state index in [0.29, 0.717) is 5.02 Å². The highest BCUT2D eigenvalue weighted by Crippen LogP contribution is 2.36. The number of rotatable bonds is 3. The van der Waals surface area contributed by atoms with Crippen LogP contribution in [-0.4, -0.2) is 22.6 Å². The van der Waals surface area contributed by atoms with Crippen LogP contribution in [0.25, 0.3) is 0 Å². The third kappa shape index (κ3) is 3.20. The van der Waals surface area contributed by atoms with E-state index < -0.39 is 0 Å². The van der Waals surface area contributed by atoms with Crippen molar-refractivity contribution in [1.29, 1.82) is 0 Å². The van der Waals surface area contributed by atoms with Crippen molar-refractivity contribution in [3.8, 4) is 0 Å². The van der Waals surface area contributed by atoms with Crippen molar-refractivity contribution in [2.45, 2.75) is 39.2 Å². The van der Waals surface area contributed by atoms with Crippen LogP contribution in [0.15, 0.2) is 28.8 Å². The van der Waals surface area contributed by atoms with Gasteiger partial charge in [0.25, 0.3) is 0 Å². The minimum atomic E-state index is -0.0996. The number of nitrogens with zero attached hydrogens (tertiary/aromatic N) is 2. The fraction of sp³-hybridized carbons (Fsp3) is 0.412. The molecular formula is C17H20ClN3O2. The summed E-state index contributed by atoms with van der Waals surface area (Å²) < 4.78 is 5.39. The van der Waals surface area contributed by atoms with Crippen LogP contribution in [0, 0.1) is 6.92 Å². The van der Waals surface area contributed by atoms with Gasteiger partial charge in [-0.1, -0.05) is 23.7 Å². The van der Waals surface area contributed by atoms with E-state index >= 15 is 0 Å². The fourth-order valence-electron chi connectivity index (χ4n) is 3.14. The maximum absolute atomic E-state index is 12.6. The Kier molecular flexibility index (Phi) is 4.57. The van der Waals surface area contributed by atoms with E-state index in [1.165, 1.54) is 0 Å². The number of halogens is 1. The SMILES string of the molecule is CCc1onc(C)c1[C@@H]1CCCN1C(=O)Nc1ccc(Cl)cc1. The molecular weight excluding hydrogens is 314 g/mol. The number of benzene rings is 1. The van der Waals surface area contributed by atoms with Gasteiger partial charge in [0.1, 0.15) is 5.76 Å². The first-order chi connectivity index (χ1) is 11.1. The monoisotopic (exact) mass is 333 g/mol. The molecule has 2 heterocycles. The molecule has 122 valence electrons. The lowest BCUT2D eigenvalue weighted by atomic mass is 10.0. The van der Waals surface area contributed by atoms with E-state index in [1.54, 1.807) is 24.3 Å². The molecule has 0 aliphatic carbocycles. The fourth-order valence-corrected chi connectivity index (χ4v) is 3.27. The molecule has 6 heteroatoms. The van der Waals surface area contributed by atoms with Gasteiger partial charge in [-0.15, -0.1) is 0 Å². The Morgan fingerprint density at radius 3 is 2.87 bits per heavy atom. The molecule has 1 aromatic heterocycles. The summed E-state index contributed by atoms with van der Waals surface area (Å²) in [7, 11) is 0. The molecule has 1 N–H and O–H groups in total. The molecule has 1 aliphatic heterocycles. The van der Waals surface area contributed by atoms with Crippen LogP contribution in [0.5, 0.6) is 0 Å². The van der Waals surface area contributed by atoms with Crippen LogP contribution < -0.4 is 5.32 Å². The topological polar surface area (TPSA) is 58.4 Å². The Balaban J connectivity index is 1.79. The Labute approximate surface area is 140 Å². The van der Waals surface area contributed by atoms with Crippen molar-refractivity contribution in [3.63, 3.8) is 0 Å². The minimum absolute atomic E-state index is 0.0310. The zero-order valence-electron chi connectivity index (χ0n) is 13.3. The Hall–Kier alpha value is -2.01. The summed E-state index contributed by atoms with van der Waals surface area (Å²) in [6, 6.07) is 7.05. The maximum atomic E-state index is 12.6. The third-order valence-electron chi connectivity index (χ3n) is 4.25. The summed E-state index contributed by atoms with van der Waals surface area (Å²) in [6.45, 7) is 4.71. The van der Waals surface area contributed by atoms with Crippen molar-refractivity contribution in [1.82, 2.24) is 10.1 Å². The molecule has 5 nitrogen and oxygen atoms in total. The van der Waals surface area contributed by atoms with Crippen LogP contribution in [0.1, 0.15) is 42.8 Å². The van der Waals surface area contributed by atoms with Gasteiger partial charge in [-0.3, -0.25) is 0 Å². The first-order valence-electron chi connectivity index (χ1n) is 7.88. The number of carbonyl (C=O) groups excluding carboxylic acids is 1. The number of hydrogen-bond donors (Lipinski definition) is 1. The highest BCUT2D eigenvalue weighted by atomic mass is 35.5. The van der Waals surface area contributed by atoms with Crippen molar-refractivity contribution >= 4 is 23.3 Å². The molecule has 2 aromatic rings. The van der Waals surface area contributed by atoms with Crippen molar-refractivity contribution in [3.05, 3.63) is 46.3 Å². The number of carbonyl (C=O) groups is 1. The van der Waals surface area contributed by atoms with E-state index in [1.807, 2.05) is 18.7 Å². The number of anilines is 1. The summed E-state index contributed by atoms with van der Waals surface area (Å²) in [4.78, 5) is 14.5. The molecule has 1 atom stereocenters. The Morgan fingerprint density at radius 1 is 1.43 bits per heavy atom. The van der Waals surface area contributed by atoms with Gasteiger partial charge < -0.3 is 14.7 Å². The van der Waals surface area contributed by atoms with E-state index in [0.717, 1.165) is 48.5 Å². The van der Waals surface area contributed by atoms with E-state index in [2.05, 4.69) is 10.5 Å². The Bertz CT molecular complexity index is 696. The van der Waals surface area contributed by atoms with Gasteiger partial charge in [0.2, 0.25) is 0 Å². The van der Waals surface area contributed by atoms with Crippen LogP contribution in [0.2, 0.25) is 5.02 Å². The van der Waals surface area contributed by atoms with Gasteiger partial charge in [0, 0.05) is 29.2 Å². The predicted octanol–water partition coefficient (Wildman–Crippen LogP) is 4.57. The summed E-state index contributed by atoms with van der Waals surface area (Å²) in [5.74, 6) is 0.874. The second-order valence-electron chi connectivity index (χ2n) is 5.75. The lowest BCUT2D eigenvalue weighted by molar-refractivity contribution is 0.206. The molecule has 0 spiro atoms. The summed E-state index contributed by atoms with van der Waals surface area (Å²) >= 11 is 5.88. The molecule has 1 aliphatic rings. The predicted molar refractivity (Wildman–Crippen MR) is 89.8 cm³/mol. The van der Waals surface area contributed by atoms with E-state index in [-0.39, 0.29) is 12.1 Å². The maximum Gasteiger partial charge on any atom is 0.322 e.